The van der Waals surface area contributed by atoms with Crippen LogP contribution in [0, 0.1) is 0 Å². The van der Waals surface area contributed by atoms with Crippen LogP contribution >= 0.6 is 0 Å². The van der Waals surface area contributed by atoms with E-state index >= 15 is 0 Å². The lowest BCUT2D eigenvalue weighted by atomic mass is 10.1. The molecule has 6 heterocycles. The molecule has 9 rings (SSSR count). The number of anilines is 3. The van der Waals surface area contributed by atoms with Crippen LogP contribution in [0.25, 0.3) is 32.7 Å². The quantitative estimate of drug-likeness (QED) is 0.0549. The van der Waals surface area contributed by atoms with Crippen LogP contribution in [0.1, 0.15) is 57.8 Å². The van der Waals surface area contributed by atoms with Crippen LogP contribution in [-0.2, 0) is 21.1 Å². The Labute approximate surface area is 419 Å². The zero-order valence-electron chi connectivity index (χ0n) is 42.7. The molecule has 3 aromatic heterocycles. The maximum absolute atomic E-state index is 11.9. The molecule has 3 saturated heterocycles. The summed E-state index contributed by atoms with van der Waals surface area (Å²) in [6.45, 7) is 21.3. The number of hydrogen-bond donors (Lipinski definition) is 4. The first-order valence-electron chi connectivity index (χ1n) is 25.4. The number of hydrogen-bond acceptors (Lipinski definition) is 13. The van der Waals surface area contributed by atoms with Gasteiger partial charge in [0.1, 0.15) is 0 Å². The predicted octanol–water partition coefficient (Wildman–Crippen LogP) is 6.96. The van der Waals surface area contributed by atoms with E-state index < -0.39 is 0 Å². The highest BCUT2D eigenvalue weighted by atomic mass is 16.1. The summed E-state index contributed by atoms with van der Waals surface area (Å²) in [5, 5.41) is 15.2. The van der Waals surface area contributed by atoms with Gasteiger partial charge < -0.3 is 49.7 Å². The van der Waals surface area contributed by atoms with Crippen LogP contribution in [0.4, 0.5) is 17.1 Å². The van der Waals surface area contributed by atoms with Gasteiger partial charge in [0.25, 0.3) is 16.7 Å². The third-order valence-electron chi connectivity index (χ3n) is 13.1. The molecule has 0 atom stereocenters. The minimum atomic E-state index is -0.0161. The van der Waals surface area contributed by atoms with Crippen LogP contribution in [0.15, 0.2) is 125 Å². The van der Waals surface area contributed by atoms with E-state index in [0.29, 0.717) is 16.2 Å². The van der Waals surface area contributed by atoms with E-state index in [1.54, 1.807) is 45.9 Å². The molecule has 71 heavy (non-hydrogen) atoms. The van der Waals surface area contributed by atoms with Gasteiger partial charge in [-0.05, 0) is 170 Å². The summed E-state index contributed by atoms with van der Waals surface area (Å²) in [5.74, 6) is 0. The topological polar surface area (TPSA) is 163 Å². The fourth-order valence-corrected chi connectivity index (χ4v) is 8.96. The Morgan fingerprint density at radius 1 is 0.535 bits per heavy atom. The second kappa shape index (κ2) is 28.3. The summed E-state index contributed by atoms with van der Waals surface area (Å²) < 4.78 is 4.48. The van der Waals surface area contributed by atoms with E-state index in [1.807, 2.05) is 67.7 Å². The predicted molar refractivity (Wildman–Crippen MR) is 295 cm³/mol. The molecule has 0 spiro atoms. The van der Waals surface area contributed by atoms with Crippen LogP contribution < -0.4 is 37.9 Å². The molecule has 3 fully saturated rings. The number of allylic oxidation sites excluding steroid dienone is 3. The van der Waals surface area contributed by atoms with Gasteiger partial charge in [0.05, 0.1) is 51.7 Å². The molecule has 6 aromatic rings. The standard InChI is InChI=1S/C16H22N4O.C15H20N4O.C14H24N2.C10H11N3O/c1-19-12-18-15-11-13(5-6-14(15)16(19)21)17-7-4-10-20-8-2-3-9-20;1-18-11-17-14-10-12(4-5-13(14)15(18)20)16-6-9-19-7-2-3-8-19;1-3-9-14(4-2)15-10-8-13-16-11-6-5-7-12-16;1-11-7-3-4-8-9(5-7)12-6-13(2)10(8)14/h5-6,11-12,17H,2-4,7-10H2,1H3;4-5,10-11,16H,2-3,6-9H2,1H3;3-4,9,15H,1-2,5-8,10-13H2;3-6,11H,1-2H3/b;;14-9+;. The van der Waals surface area contributed by atoms with Crippen LogP contribution in [0.2, 0.25) is 0 Å². The Morgan fingerprint density at radius 3 is 1.37 bits per heavy atom. The Kier molecular flexibility index (Phi) is 21.4. The Balaban J connectivity index is 0.000000157. The van der Waals surface area contributed by atoms with E-state index in [9.17, 15) is 14.4 Å². The number of benzene rings is 3. The summed E-state index contributed by atoms with van der Waals surface area (Å²) >= 11 is 0. The maximum Gasteiger partial charge on any atom is 0.260 e. The van der Waals surface area contributed by atoms with Crippen molar-refractivity contribution in [1.82, 2.24) is 48.7 Å². The lowest BCUT2D eigenvalue weighted by molar-refractivity contribution is 0.226. The first kappa shape index (κ1) is 53.7. The van der Waals surface area contributed by atoms with Gasteiger partial charge in [-0.2, -0.15) is 0 Å². The fourth-order valence-electron chi connectivity index (χ4n) is 8.96. The van der Waals surface area contributed by atoms with Crippen LogP contribution in [-0.4, -0.2) is 129 Å². The van der Waals surface area contributed by atoms with Gasteiger partial charge >= 0.3 is 0 Å². The van der Waals surface area contributed by atoms with Crippen molar-refractivity contribution < 1.29 is 0 Å². The smallest absolute Gasteiger partial charge is 0.260 e. The molecule has 3 aromatic carbocycles. The van der Waals surface area contributed by atoms with Crippen molar-refractivity contribution in [2.24, 2.45) is 21.1 Å². The number of fused-ring (bicyclic) bond motifs is 3. The second-order valence-electron chi connectivity index (χ2n) is 18.5. The second-order valence-corrected chi connectivity index (χ2v) is 18.5. The third kappa shape index (κ3) is 16.5. The first-order valence-corrected chi connectivity index (χ1v) is 25.4. The number of aromatic nitrogens is 6. The van der Waals surface area contributed by atoms with E-state index in [2.05, 4.69) is 64.1 Å². The number of aryl methyl sites for hydroxylation is 3. The zero-order chi connectivity index (χ0) is 50.4. The van der Waals surface area contributed by atoms with Crippen molar-refractivity contribution in [2.45, 2.75) is 57.8 Å². The molecule has 3 aliphatic rings. The van der Waals surface area contributed by atoms with Crippen molar-refractivity contribution >= 4 is 49.8 Å². The number of likely N-dealkylation sites (tertiary alicyclic amines) is 3. The lowest BCUT2D eigenvalue weighted by Crippen LogP contribution is -2.32. The summed E-state index contributed by atoms with van der Waals surface area (Å²) in [5.41, 5.74) is 6.28. The van der Waals surface area contributed by atoms with Crippen molar-refractivity contribution in [3.8, 4) is 0 Å². The van der Waals surface area contributed by atoms with E-state index in [0.717, 1.165) is 71.9 Å². The number of piperidine rings is 1. The van der Waals surface area contributed by atoms with Gasteiger partial charge in [0.15, 0.2) is 0 Å². The molecule has 0 bridgehead atoms. The summed E-state index contributed by atoms with van der Waals surface area (Å²) in [6.07, 6.45) is 22.1. The first-order chi connectivity index (χ1) is 34.6. The van der Waals surface area contributed by atoms with Crippen LogP contribution in [0.5, 0.6) is 0 Å². The summed E-state index contributed by atoms with van der Waals surface area (Å²) in [4.78, 5) is 55.8. The van der Waals surface area contributed by atoms with Crippen molar-refractivity contribution in [3.05, 3.63) is 142 Å². The lowest BCUT2D eigenvalue weighted by Gasteiger charge is -2.26. The number of rotatable bonds is 17. The molecular formula is C55H77N13O3. The normalized spacial score (nSPS) is 15.2. The molecule has 0 aliphatic carbocycles. The maximum atomic E-state index is 11.9. The number of nitrogens with one attached hydrogen (secondary N) is 4. The van der Waals surface area contributed by atoms with Gasteiger partial charge in [0, 0.05) is 77.1 Å². The Morgan fingerprint density at radius 2 is 0.930 bits per heavy atom. The highest BCUT2D eigenvalue weighted by Crippen LogP contribution is 2.17. The Hall–Kier alpha value is -6.62. The molecule has 16 heteroatoms. The minimum Gasteiger partial charge on any atom is -0.388 e. The van der Waals surface area contributed by atoms with Gasteiger partial charge in [-0.3, -0.25) is 14.4 Å². The van der Waals surface area contributed by atoms with Gasteiger partial charge in [-0.15, -0.1) is 0 Å². The summed E-state index contributed by atoms with van der Waals surface area (Å²) in [6, 6.07) is 17.0. The van der Waals surface area contributed by atoms with Gasteiger partial charge in [-0.1, -0.05) is 25.7 Å². The average Bonchev–Trinajstić information content (AvgIpc) is 4.14. The van der Waals surface area contributed by atoms with Crippen molar-refractivity contribution in [3.63, 3.8) is 0 Å². The van der Waals surface area contributed by atoms with E-state index in [-0.39, 0.29) is 16.7 Å². The number of nitrogens with zero attached hydrogens (tertiary/aromatic N) is 9. The fraction of sp³-hybridized carbons (Fsp3) is 0.455. The molecule has 380 valence electrons. The molecule has 3 aliphatic heterocycles. The molecular weight excluding hydrogens is 891 g/mol. The average molecular weight is 968 g/mol. The van der Waals surface area contributed by atoms with Gasteiger partial charge in [-0.25, -0.2) is 15.0 Å². The Bertz CT molecular complexity index is 2850. The molecule has 16 nitrogen and oxygen atoms in total. The minimum absolute atomic E-state index is 0.000540. The van der Waals surface area contributed by atoms with Crippen molar-refractivity contribution in [1.29, 1.82) is 0 Å². The largest absolute Gasteiger partial charge is 0.388 e. The van der Waals surface area contributed by atoms with Gasteiger partial charge in [0.2, 0.25) is 0 Å². The van der Waals surface area contributed by atoms with E-state index in [4.69, 9.17) is 0 Å². The monoisotopic (exact) mass is 968 g/mol. The molecule has 0 unspecified atom stereocenters. The van der Waals surface area contributed by atoms with Crippen molar-refractivity contribution in [2.75, 3.05) is 102 Å². The highest BCUT2D eigenvalue weighted by molar-refractivity contribution is 5.82. The molecule has 0 saturated carbocycles. The zero-order valence-corrected chi connectivity index (χ0v) is 42.7. The molecule has 0 amide bonds. The third-order valence-corrected chi connectivity index (χ3v) is 13.1. The SMILES string of the molecule is C=C/C=C(\C=C)NCCCN1CCCCC1.CNc1ccc2c(=O)n(C)cnc2c1.Cn1cnc2cc(NCCCN3CCCC3)ccc2c1=O.Cn1cnc2cc(NCCN3CCCC3)ccc2c1=O. The molecule has 0 radical (unpaired) electrons. The molecule has 4 N–H and O–H groups in total. The highest BCUT2D eigenvalue weighted by Gasteiger charge is 2.12. The van der Waals surface area contributed by atoms with Crippen LogP contribution in [0.3, 0.4) is 0 Å². The van der Waals surface area contributed by atoms with E-state index in [1.165, 1.54) is 124 Å². The summed E-state index contributed by atoms with van der Waals surface area (Å²) in [7, 11) is 6.97.